The van der Waals surface area contributed by atoms with Gasteiger partial charge in [-0.15, -0.1) is 0 Å². The van der Waals surface area contributed by atoms with Gasteiger partial charge in [-0.25, -0.2) is 0 Å². The van der Waals surface area contributed by atoms with Gasteiger partial charge in [0.25, 0.3) is 0 Å². The summed E-state index contributed by atoms with van der Waals surface area (Å²) in [5.41, 5.74) is 3.46. The third kappa shape index (κ3) is 4.23. The molecule has 1 heterocycles. The van der Waals surface area contributed by atoms with Crippen LogP contribution in [0.4, 0.5) is 5.69 Å². The van der Waals surface area contributed by atoms with Crippen molar-refractivity contribution in [3.8, 4) is 0 Å². The molecule has 0 aliphatic carbocycles. The van der Waals surface area contributed by atoms with Crippen molar-refractivity contribution in [1.29, 1.82) is 0 Å². The number of pyridine rings is 1. The van der Waals surface area contributed by atoms with Crippen molar-refractivity contribution >= 4 is 5.69 Å². The Morgan fingerprint density at radius 2 is 1.43 bits per heavy atom. The number of nitrogens with zero attached hydrogens (tertiary/aromatic N) is 1. The number of nitrogens with one attached hydrogen (secondary N) is 1. The topological polar surface area (TPSA) is 50.9 Å². The molecule has 3 heteroatoms. The second-order valence-electron chi connectivity index (χ2n) is 2.53. The zero-order valence-corrected chi connectivity index (χ0v) is 7.80. The van der Waals surface area contributed by atoms with Crippen LogP contribution in [0.3, 0.4) is 0 Å². The number of nitrogen functional groups attached to an aromatic ring is 1. The zero-order chi connectivity index (χ0) is 10.1. The standard InChI is InChI=1S/C6H8N2.C5H5N/c7-8-6-4-2-1-3-5-6;1-2-4-6-5-3-1/h1-5,8H,7H2;1-5H. The summed E-state index contributed by atoms with van der Waals surface area (Å²) in [6.07, 6.45) is 3.50. The van der Waals surface area contributed by atoms with E-state index in [1.165, 1.54) is 0 Å². The van der Waals surface area contributed by atoms with E-state index in [4.69, 9.17) is 5.84 Å². The van der Waals surface area contributed by atoms with E-state index in [9.17, 15) is 0 Å². The number of hydrogen-bond donors (Lipinski definition) is 2. The summed E-state index contributed by atoms with van der Waals surface area (Å²) in [7, 11) is 0. The van der Waals surface area contributed by atoms with E-state index in [0.717, 1.165) is 5.69 Å². The highest BCUT2D eigenvalue weighted by Crippen LogP contribution is 2.00. The highest BCUT2D eigenvalue weighted by atomic mass is 15.2. The van der Waals surface area contributed by atoms with E-state index >= 15 is 0 Å². The molecule has 3 nitrogen and oxygen atoms in total. The van der Waals surface area contributed by atoms with Gasteiger partial charge in [0.2, 0.25) is 0 Å². The van der Waals surface area contributed by atoms with E-state index in [2.05, 4.69) is 10.4 Å². The van der Waals surface area contributed by atoms with Crippen LogP contribution in [0.25, 0.3) is 0 Å². The largest absolute Gasteiger partial charge is 0.324 e. The summed E-state index contributed by atoms with van der Waals surface area (Å²) in [6.45, 7) is 0. The van der Waals surface area contributed by atoms with Gasteiger partial charge in [-0.3, -0.25) is 10.8 Å². The molecule has 0 aliphatic heterocycles. The van der Waals surface area contributed by atoms with Gasteiger partial charge >= 0.3 is 0 Å². The van der Waals surface area contributed by atoms with E-state index < -0.39 is 0 Å². The number of hydrazine groups is 1. The lowest BCUT2D eigenvalue weighted by molar-refractivity contribution is 1.33. The van der Waals surface area contributed by atoms with Gasteiger partial charge in [0.05, 0.1) is 0 Å². The lowest BCUT2D eigenvalue weighted by Gasteiger charge is -1.94. The molecule has 0 amide bonds. The van der Waals surface area contributed by atoms with Gasteiger partial charge in [-0.05, 0) is 24.3 Å². The van der Waals surface area contributed by atoms with Crippen molar-refractivity contribution in [1.82, 2.24) is 4.98 Å². The quantitative estimate of drug-likeness (QED) is 0.530. The lowest BCUT2D eigenvalue weighted by atomic mass is 10.3. The molecule has 1 aromatic heterocycles. The van der Waals surface area contributed by atoms with Crippen molar-refractivity contribution < 1.29 is 0 Å². The summed E-state index contributed by atoms with van der Waals surface area (Å²) in [4.78, 5) is 3.78. The van der Waals surface area contributed by atoms with Crippen molar-refractivity contribution in [2.75, 3.05) is 5.43 Å². The Balaban J connectivity index is 0.000000146. The molecule has 0 saturated carbocycles. The summed E-state index contributed by atoms with van der Waals surface area (Å²) >= 11 is 0. The molecule has 0 unspecified atom stereocenters. The highest BCUT2D eigenvalue weighted by molar-refractivity contribution is 5.40. The minimum Gasteiger partial charge on any atom is -0.324 e. The normalized spacial score (nSPS) is 8.36. The van der Waals surface area contributed by atoms with Crippen molar-refractivity contribution in [3.05, 3.63) is 60.9 Å². The van der Waals surface area contributed by atoms with Crippen molar-refractivity contribution in [3.63, 3.8) is 0 Å². The van der Waals surface area contributed by atoms with Gasteiger partial charge in [0.1, 0.15) is 0 Å². The first kappa shape index (κ1) is 10.2. The summed E-state index contributed by atoms with van der Waals surface area (Å²) in [5, 5.41) is 0. The highest BCUT2D eigenvalue weighted by Gasteiger charge is 1.78. The molecule has 14 heavy (non-hydrogen) atoms. The van der Waals surface area contributed by atoms with Crippen LogP contribution in [-0.4, -0.2) is 4.98 Å². The van der Waals surface area contributed by atoms with Gasteiger partial charge in [-0.1, -0.05) is 24.3 Å². The summed E-state index contributed by atoms with van der Waals surface area (Å²) in [6, 6.07) is 15.3. The van der Waals surface area contributed by atoms with Gasteiger partial charge < -0.3 is 5.43 Å². The van der Waals surface area contributed by atoms with E-state index in [1.54, 1.807) is 12.4 Å². The number of anilines is 1. The first-order chi connectivity index (χ1) is 6.93. The molecule has 2 rings (SSSR count). The number of rotatable bonds is 1. The molecule has 0 fully saturated rings. The summed E-state index contributed by atoms with van der Waals surface area (Å²) < 4.78 is 0. The fourth-order valence-corrected chi connectivity index (χ4v) is 0.847. The minimum atomic E-state index is 0.938. The van der Waals surface area contributed by atoms with Crippen LogP contribution in [0.5, 0.6) is 0 Å². The molecular weight excluding hydrogens is 174 g/mol. The molecule has 0 spiro atoms. The first-order valence-electron chi connectivity index (χ1n) is 4.30. The van der Waals surface area contributed by atoms with Crippen LogP contribution >= 0.6 is 0 Å². The van der Waals surface area contributed by atoms with E-state index in [-0.39, 0.29) is 0 Å². The van der Waals surface area contributed by atoms with Crippen LogP contribution < -0.4 is 11.3 Å². The third-order valence-corrected chi connectivity index (χ3v) is 1.51. The number of aromatic nitrogens is 1. The maximum Gasteiger partial charge on any atom is 0.0485 e. The summed E-state index contributed by atoms with van der Waals surface area (Å²) in [5.74, 6) is 5.10. The predicted octanol–water partition coefficient (Wildman–Crippen LogP) is 2.05. The zero-order valence-electron chi connectivity index (χ0n) is 7.80. The van der Waals surface area contributed by atoms with Gasteiger partial charge in [-0.2, -0.15) is 0 Å². The van der Waals surface area contributed by atoms with Crippen LogP contribution in [0.1, 0.15) is 0 Å². The Morgan fingerprint density at radius 1 is 0.857 bits per heavy atom. The van der Waals surface area contributed by atoms with Crippen molar-refractivity contribution in [2.24, 2.45) is 5.84 Å². The SMILES string of the molecule is NNc1ccccc1.c1ccncc1. The fourth-order valence-electron chi connectivity index (χ4n) is 0.847. The Kier molecular flexibility index (Phi) is 4.83. The molecule has 0 saturated heterocycles. The van der Waals surface area contributed by atoms with Crippen LogP contribution in [0.15, 0.2) is 60.9 Å². The maximum absolute atomic E-state index is 5.10. The van der Waals surface area contributed by atoms with Gasteiger partial charge in [0.15, 0.2) is 0 Å². The molecule has 3 N–H and O–H groups in total. The smallest absolute Gasteiger partial charge is 0.0485 e. The average molecular weight is 187 g/mol. The van der Waals surface area contributed by atoms with Crippen LogP contribution in [0.2, 0.25) is 0 Å². The number of para-hydroxylation sites is 1. The van der Waals surface area contributed by atoms with Crippen LogP contribution in [0, 0.1) is 0 Å². The molecule has 1 aromatic carbocycles. The average Bonchev–Trinajstić information content (AvgIpc) is 2.33. The lowest BCUT2D eigenvalue weighted by Crippen LogP contribution is -2.05. The Morgan fingerprint density at radius 3 is 1.71 bits per heavy atom. The molecule has 0 bridgehead atoms. The number of hydrogen-bond acceptors (Lipinski definition) is 3. The predicted molar refractivity (Wildman–Crippen MR) is 58.5 cm³/mol. The number of nitrogens with two attached hydrogens (primary N) is 1. The molecule has 2 aromatic rings. The van der Waals surface area contributed by atoms with Crippen LogP contribution in [-0.2, 0) is 0 Å². The molecule has 0 aliphatic rings. The number of benzene rings is 1. The van der Waals surface area contributed by atoms with E-state index in [1.807, 2.05) is 48.5 Å². The Labute approximate surface area is 83.6 Å². The molecule has 0 atom stereocenters. The monoisotopic (exact) mass is 187 g/mol. The maximum atomic E-state index is 5.10. The second-order valence-corrected chi connectivity index (χ2v) is 2.53. The fraction of sp³-hybridized carbons (Fsp3) is 0. The Hall–Kier alpha value is -1.87. The third-order valence-electron chi connectivity index (χ3n) is 1.51. The Bertz CT molecular complexity index is 294. The second kappa shape index (κ2) is 6.62. The first-order valence-corrected chi connectivity index (χ1v) is 4.30. The van der Waals surface area contributed by atoms with Crippen molar-refractivity contribution in [2.45, 2.75) is 0 Å². The van der Waals surface area contributed by atoms with E-state index in [0.29, 0.717) is 0 Å². The minimum absolute atomic E-state index is 0.938. The van der Waals surface area contributed by atoms with Gasteiger partial charge in [0, 0.05) is 18.1 Å². The molecule has 72 valence electrons. The molecule has 0 radical (unpaired) electrons. The molecular formula is C11H13N3.